The Morgan fingerprint density at radius 1 is 1.40 bits per heavy atom. The highest BCUT2D eigenvalue weighted by molar-refractivity contribution is 7.71. The molecular formula is C10H8ClFN2S. The van der Waals surface area contributed by atoms with Gasteiger partial charge in [0.25, 0.3) is 0 Å². The first-order valence-corrected chi connectivity index (χ1v) is 5.10. The molecule has 5 heteroatoms. The Morgan fingerprint density at radius 2 is 2.13 bits per heavy atom. The van der Waals surface area contributed by atoms with Crippen LogP contribution in [0.5, 0.6) is 0 Å². The second kappa shape index (κ2) is 3.79. The first-order valence-electron chi connectivity index (χ1n) is 4.32. The minimum Gasteiger partial charge on any atom is -0.297 e. The number of aromatic amines is 1. The second-order valence-corrected chi connectivity index (χ2v) is 4.04. The van der Waals surface area contributed by atoms with Crippen LogP contribution in [-0.4, -0.2) is 9.78 Å². The SMILES string of the molecule is Cc1cc(=S)n(-c2ccc(Cl)c(F)c2)[nH]1. The maximum absolute atomic E-state index is 13.2. The van der Waals surface area contributed by atoms with E-state index in [1.54, 1.807) is 10.7 Å². The molecule has 1 heterocycles. The van der Waals surface area contributed by atoms with Gasteiger partial charge in [-0.2, -0.15) is 0 Å². The van der Waals surface area contributed by atoms with Gasteiger partial charge in [-0.05, 0) is 25.1 Å². The molecule has 0 saturated heterocycles. The Labute approximate surface area is 96.3 Å². The molecule has 1 aromatic carbocycles. The van der Waals surface area contributed by atoms with Crippen LogP contribution < -0.4 is 0 Å². The van der Waals surface area contributed by atoms with Gasteiger partial charge in [-0.3, -0.25) is 5.10 Å². The summed E-state index contributed by atoms with van der Waals surface area (Å²) < 4.78 is 15.4. The fourth-order valence-corrected chi connectivity index (χ4v) is 1.77. The van der Waals surface area contributed by atoms with Gasteiger partial charge in [0.15, 0.2) is 0 Å². The Balaban J connectivity index is 2.59. The van der Waals surface area contributed by atoms with E-state index in [9.17, 15) is 4.39 Å². The van der Waals surface area contributed by atoms with Crippen molar-refractivity contribution in [1.29, 1.82) is 0 Å². The standard InChI is InChI=1S/C10H8ClFN2S/c1-6-4-10(15)14(13-6)7-2-3-8(11)9(12)5-7/h2-5,13H,1H3. The molecule has 2 nitrogen and oxygen atoms in total. The second-order valence-electron chi connectivity index (χ2n) is 3.21. The monoisotopic (exact) mass is 242 g/mol. The maximum atomic E-state index is 13.2. The van der Waals surface area contributed by atoms with Crippen LogP contribution in [0.4, 0.5) is 4.39 Å². The third-order valence-electron chi connectivity index (χ3n) is 2.01. The van der Waals surface area contributed by atoms with Gasteiger partial charge in [-0.25, -0.2) is 9.07 Å². The molecule has 0 aliphatic rings. The number of aryl methyl sites for hydroxylation is 1. The molecule has 0 aliphatic heterocycles. The Kier molecular flexibility index (Phi) is 2.63. The molecule has 0 radical (unpaired) electrons. The normalized spacial score (nSPS) is 10.6. The van der Waals surface area contributed by atoms with Crippen molar-refractivity contribution in [3.63, 3.8) is 0 Å². The van der Waals surface area contributed by atoms with Crippen LogP contribution in [-0.2, 0) is 0 Å². The van der Waals surface area contributed by atoms with Gasteiger partial charge in [0.2, 0.25) is 0 Å². The summed E-state index contributed by atoms with van der Waals surface area (Å²) in [5.41, 5.74) is 1.56. The van der Waals surface area contributed by atoms with Crippen LogP contribution in [0.25, 0.3) is 5.69 Å². The highest BCUT2D eigenvalue weighted by Crippen LogP contribution is 2.18. The number of halogens is 2. The largest absolute Gasteiger partial charge is 0.297 e. The first kappa shape index (κ1) is 10.4. The third-order valence-corrected chi connectivity index (χ3v) is 2.62. The fraction of sp³-hybridized carbons (Fsp3) is 0.100. The van der Waals surface area contributed by atoms with Crippen molar-refractivity contribution >= 4 is 23.8 Å². The van der Waals surface area contributed by atoms with Crippen LogP contribution >= 0.6 is 23.8 Å². The molecule has 0 spiro atoms. The van der Waals surface area contributed by atoms with Crippen molar-refractivity contribution in [3.05, 3.63) is 45.4 Å². The van der Waals surface area contributed by atoms with Crippen LogP contribution in [0.3, 0.4) is 0 Å². The van der Waals surface area contributed by atoms with E-state index in [1.165, 1.54) is 12.1 Å². The molecule has 0 amide bonds. The highest BCUT2D eigenvalue weighted by atomic mass is 35.5. The average Bonchev–Trinajstić information content (AvgIpc) is 2.50. The predicted octanol–water partition coefficient (Wildman–Crippen LogP) is 3.64. The van der Waals surface area contributed by atoms with Crippen LogP contribution in [0.15, 0.2) is 24.3 Å². The van der Waals surface area contributed by atoms with E-state index in [-0.39, 0.29) is 5.02 Å². The average molecular weight is 243 g/mol. The molecule has 2 aromatic rings. The Hall–Kier alpha value is -1.13. The number of rotatable bonds is 1. The number of aromatic nitrogens is 2. The summed E-state index contributed by atoms with van der Waals surface area (Å²) in [6.07, 6.45) is 0. The minimum absolute atomic E-state index is 0.105. The van der Waals surface area contributed by atoms with E-state index in [4.69, 9.17) is 23.8 Å². The summed E-state index contributed by atoms with van der Waals surface area (Å²) in [6, 6.07) is 6.36. The van der Waals surface area contributed by atoms with Gasteiger partial charge in [-0.1, -0.05) is 23.8 Å². The lowest BCUT2D eigenvalue weighted by molar-refractivity contribution is 0.625. The fourth-order valence-electron chi connectivity index (χ4n) is 1.33. The minimum atomic E-state index is -0.455. The number of nitrogens with one attached hydrogen (secondary N) is 1. The van der Waals surface area contributed by atoms with Crippen molar-refractivity contribution in [2.75, 3.05) is 0 Å². The van der Waals surface area contributed by atoms with Gasteiger partial charge >= 0.3 is 0 Å². The third kappa shape index (κ3) is 1.96. The van der Waals surface area contributed by atoms with Gasteiger partial charge in [-0.15, -0.1) is 0 Å². The zero-order chi connectivity index (χ0) is 11.0. The van der Waals surface area contributed by atoms with E-state index < -0.39 is 5.82 Å². The van der Waals surface area contributed by atoms with E-state index in [2.05, 4.69) is 5.10 Å². The molecule has 15 heavy (non-hydrogen) atoms. The van der Waals surface area contributed by atoms with Crippen LogP contribution in [0.1, 0.15) is 5.69 Å². The zero-order valence-corrected chi connectivity index (χ0v) is 9.49. The molecule has 0 atom stereocenters. The van der Waals surface area contributed by atoms with Crippen LogP contribution in [0, 0.1) is 17.4 Å². The van der Waals surface area contributed by atoms with Crippen molar-refractivity contribution in [3.8, 4) is 5.69 Å². The lowest BCUT2D eigenvalue weighted by atomic mass is 10.3. The van der Waals surface area contributed by atoms with Crippen LogP contribution in [0.2, 0.25) is 5.02 Å². The molecule has 0 fully saturated rings. The molecule has 78 valence electrons. The van der Waals surface area contributed by atoms with E-state index in [0.29, 0.717) is 10.3 Å². The smallest absolute Gasteiger partial charge is 0.143 e. The molecule has 2 rings (SSSR count). The van der Waals surface area contributed by atoms with Crippen molar-refractivity contribution < 1.29 is 4.39 Å². The predicted molar refractivity (Wildman–Crippen MR) is 60.7 cm³/mol. The summed E-state index contributed by atoms with van der Waals surface area (Å²) >= 11 is 10.7. The molecule has 0 saturated carbocycles. The summed E-state index contributed by atoms with van der Waals surface area (Å²) in [5.74, 6) is -0.455. The Morgan fingerprint density at radius 3 is 2.67 bits per heavy atom. The lowest BCUT2D eigenvalue weighted by Crippen LogP contribution is -1.97. The number of hydrogen-bond acceptors (Lipinski definition) is 1. The molecule has 0 aliphatic carbocycles. The number of H-pyrrole nitrogens is 1. The quantitative estimate of drug-likeness (QED) is 0.758. The Bertz CT molecular complexity index is 559. The molecule has 0 bridgehead atoms. The summed E-state index contributed by atoms with van der Waals surface area (Å²) in [4.78, 5) is 0. The molecule has 1 aromatic heterocycles. The number of nitrogens with zero attached hydrogens (tertiary/aromatic N) is 1. The summed E-state index contributed by atoms with van der Waals surface area (Å²) in [5, 5.41) is 3.12. The van der Waals surface area contributed by atoms with Gasteiger partial charge in [0.05, 0.1) is 10.7 Å². The number of hydrogen-bond donors (Lipinski definition) is 1. The summed E-state index contributed by atoms with van der Waals surface area (Å²) in [7, 11) is 0. The highest BCUT2D eigenvalue weighted by Gasteiger charge is 2.04. The zero-order valence-electron chi connectivity index (χ0n) is 7.92. The first-order chi connectivity index (χ1) is 7.08. The van der Waals surface area contributed by atoms with Gasteiger partial charge in [0, 0.05) is 11.8 Å². The molecule has 1 N–H and O–H groups in total. The van der Waals surface area contributed by atoms with Crippen molar-refractivity contribution in [1.82, 2.24) is 9.78 Å². The number of benzene rings is 1. The topological polar surface area (TPSA) is 20.7 Å². The van der Waals surface area contributed by atoms with Gasteiger partial charge in [0.1, 0.15) is 10.5 Å². The molecule has 0 unspecified atom stereocenters. The van der Waals surface area contributed by atoms with E-state index >= 15 is 0 Å². The van der Waals surface area contributed by atoms with Crippen molar-refractivity contribution in [2.45, 2.75) is 6.92 Å². The summed E-state index contributed by atoms with van der Waals surface area (Å²) in [6.45, 7) is 1.89. The maximum Gasteiger partial charge on any atom is 0.143 e. The van der Waals surface area contributed by atoms with E-state index in [0.717, 1.165) is 5.69 Å². The van der Waals surface area contributed by atoms with Crippen molar-refractivity contribution in [2.24, 2.45) is 0 Å². The van der Waals surface area contributed by atoms with E-state index in [1.807, 2.05) is 13.0 Å². The van der Waals surface area contributed by atoms with Gasteiger partial charge < -0.3 is 0 Å². The lowest BCUT2D eigenvalue weighted by Gasteiger charge is -2.03. The molecular weight excluding hydrogens is 235 g/mol.